The van der Waals surface area contributed by atoms with Crippen molar-refractivity contribution in [2.45, 2.75) is 13.0 Å². The van der Waals surface area contributed by atoms with Crippen LogP contribution in [-0.4, -0.2) is 30.4 Å². The van der Waals surface area contributed by atoms with Crippen molar-refractivity contribution in [2.24, 2.45) is 7.05 Å². The lowest BCUT2D eigenvalue weighted by molar-refractivity contribution is 0.0685. The van der Waals surface area contributed by atoms with E-state index in [1.165, 1.54) is 6.07 Å². The maximum Gasteiger partial charge on any atom is 0.352 e. The van der Waals surface area contributed by atoms with E-state index in [1.807, 2.05) is 7.05 Å². The number of carboxylic acids is 1. The van der Waals surface area contributed by atoms with Crippen molar-refractivity contribution >= 4 is 17.6 Å². The van der Waals surface area contributed by atoms with E-state index in [0.717, 1.165) is 5.82 Å². The lowest BCUT2D eigenvalue weighted by atomic mass is 10.3. The number of carbonyl (C=O) groups is 1. The van der Waals surface area contributed by atoms with Crippen LogP contribution < -0.4 is 0 Å². The smallest absolute Gasteiger partial charge is 0.352 e. The molecule has 0 saturated carbocycles. The fraction of sp³-hybridized carbons (Fsp3) is 0.300. The molecule has 17 heavy (non-hydrogen) atoms. The van der Waals surface area contributed by atoms with Gasteiger partial charge in [-0.1, -0.05) is 11.6 Å². The number of hydrogen-bond acceptors (Lipinski definition) is 3. The topological polar surface area (TPSA) is 72.9 Å². The number of aryl methyl sites for hydroxylation is 3. The number of rotatable bonds is 4. The summed E-state index contributed by atoms with van der Waals surface area (Å²) in [6.07, 6.45) is 3.80. The molecule has 2 rings (SSSR count). The normalized spacial score (nSPS) is 10.7. The third kappa shape index (κ3) is 2.47. The minimum Gasteiger partial charge on any atom is -0.477 e. The first-order chi connectivity index (χ1) is 8.08. The maximum atomic E-state index is 11.0. The molecule has 0 aliphatic carbocycles. The SMILES string of the molecule is Cn1cnnc1CCn1cc(Cl)cc1C(=O)O. The molecule has 0 aromatic carbocycles. The molecule has 0 radical (unpaired) electrons. The van der Waals surface area contributed by atoms with Crippen LogP contribution in [0.4, 0.5) is 0 Å². The number of nitrogens with zero attached hydrogens (tertiary/aromatic N) is 4. The molecule has 0 aliphatic heterocycles. The summed E-state index contributed by atoms with van der Waals surface area (Å²) in [7, 11) is 1.84. The molecule has 0 saturated heterocycles. The van der Waals surface area contributed by atoms with Crippen LogP contribution >= 0.6 is 11.6 Å². The van der Waals surface area contributed by atoms with Crippen molar-refractivity contribution in [2.75, 3.05) is 0 Å². The Balaban J connectivity index is 2.14. The number of aromatic carboxylic acids is 1. The first-order valence-corrected chi connectivity index (χ1v) is 5.37. The second-order valence-electron chi connectivity index (χ2n) is 3.65. The van der Waals surface area contributed by atoms with Crippen LogP contribution in [0.25, 0.3) is 0 Å². The highest BCUT2D eigenvalue weighted by Gasteiger charge is 2.12. The summed E-state index contributed by atoms with van der Waals surface area (Å²) in [5, 5.41) is 17.1. The molecule has 1 N–H and O–H groups in total. The monoisotopic (exact) mass is 254 g/mol. The third-order valence-corrected chi connectivity index (χ3v) is 2.67. The van der Waals surface area contributed by atoms with E-state index in [4.69, 9.17) is 16.7 Å². The highest BCUT2D eigenvalue weighted by atomic mass is 35.5. The van der Waals surface area contributed by atoms with E-state index in [-0.39, 0.29) is 5.69 Å². The second-order valence-corrected chi connectivity index (χ2v) is 4.09. The summed E-state index contributed by atoms with van der Waals surface area (Å²) in [6.45, 7) is 0.501. The Morgan fingerprint density at radius 3 is 2.94 bits per heavy atom. The van der Waals surface area contributed by atoms with E-state index < -0.39 is 5.97 Å². The molecule has 0 aliphatic rings. The van der Waals surface area contributed by atoms with Gasteiger partial charge in [0.25, 0.3) is 0 Å². The predicted octanol–water partition coefficient (Wildman–Crippen LogP) is 1.21. The Labute approximate surface area is 102 Å². The summed E-state index contributed by atoms with van der Waals surface area (Å²) in [5.74, 6) is -0.193. The lowest BCUT2D eigenvalue weighted by Gasteiger charge is -2.05. The van der Waals surface area contributed by atoms with Gasteiger partial charge in [-0.2, -0.15) is 0 Å². The molecule has 2 aromatic rings. The zero-order valence-corrected chi connectivity index (χ0v) is 9.92. The summed E-state index contributed by atoms with van der Waals surface area (Å²) in [5.41, 5.74) is 0.178. The molecule has 0 atom stereocenters. The summed E-state index contributed by atoms with van der Waals surface area (Å²) in [6, 6.07) is 1.43. The number of halogens is 1. The lowest BCUT2D eigenvalue weighted by Crippen LogP contribution is -2.11. The van der Waals surface area contributed by atoms with E-state index >= 15 is 0 Å². The zero-order chi connectivity index (χ0) is 12.4. The number of hydrogen-bond donors (Lipinski definition) is 1. The van der Waals surface area contributed by atoms with Crippen molar-refractivity contribution in [3.8, 4) is 0 Å². The van der Waals surface area contributed by atoms with Crippen molar-refractivity contribution in [1.29, 1.82) is 0 Å². The van der Waals surface area contributed by atoms with Crippen molar-refractivity contribution < 1.29 is 9.90 Å². The molecule has 0 spiro atoms. The van der Waals surface area contributed by atoms with Crippen LogP contribution in [-0.2, 0) is 20.0 Å². The van der Waals surface area contributed by atoms with E-state index in [2.05, 4.69) is 10.2 Å². The molecular weight excluding hydrogens is 244 g/mol. The van der Waals surface area contributed by atoms with Gasteiger partial charge in [-0.05, 0) is 6.07 Å². The van der Waals surface area contributed by atoms with Gasteiger partial charge in [-0.3, -0.25) is 0 Å². The van der Waals surface area contributed by atoms with Gasteiger partial charge in [0.05, 0.1) is 5.02 Å². The Hall–Kier alpha value is -1.82. The quantitative estimate of drug-likeness (QED) is 0.890. The zero-order valence-electron chi connectivity index (χ0n) is 9.17. The van der Waals surface area contributed by atoms with Gasteiger partial charge in [-0.25, -0.2) is 4.79 Å². The first-order valence-electron chi connectivity index (χ1n) is 5.00. The van der Waals surface area contributed by atoms with Gasteiger partial charge in [-0.15, -0.1) is 10.2 Å². The Kier molecular flexibility index (Phi) is 3.14. The summed E-state index contributed by atoms with van der Waals surface area (Å²) < 4.78 is 3.39. The Bertz CT molecular complexity index is 546. The third-order valence-electron chi connectivity index (χ3n) is 2.46. The summed E-state index contributed by atoms with van der Waals surface area (Å²) >= 11 is 5.78. The van der Waals surface area contributed by atoms with E-state index in [0.29, 0.717) is 18.0 Å². The van der Waals surface area contributed by atoms with Crippen molar-refractivity contribution in [3.05, 3.63) is 35.1 Å². The minimum atomic E-state index is -0.991. The highest BCUT2D eigenvalue weighted by molar-refractivity contribution is 6.30. The molecular formula is C10H11ClN4O2. The molecule has 0 fully saturated rings. The molecule has 0 amide bonds. The molecule has 90 valence electrons. The van der Waals surface area contributed by atoms with Crippen molar-refractivity contribution in [1.82, 2.24) is 19.3 Å². The molecule has 0 bridgehead atoms. The maximum absolute atomic E-state index is 11.0. The van der Waals surface area contributed by atoms with E-state index in [1.54, 1.807) is 21.7 Å². The predicted molar refractivity (Wildman–Crippen MR) is 61.1 cm³/mol. The van der Waals surface area contributed by atoms with E-state index in [9.17, 15) is 4.79 Å². The molecule has 7 heteroatoms. The van der Waals surface area contributed by atoms with Crippen LogP contribution in [0.1, 0.15) is 16.3 Å². The van der Waals surface area contributed by atoms with Gasteiger partial charge in [0.15, 0.2) is 0 Å². The molecule has 2 heterocycles. The fourth-order valence-corrected chi connectivity index (χ4v) is 1.81. The summed E-state index contributed by atoms with van der Waals surface area (Å²) in [4.78, 5) is 11.0. The Morgan fingerprint density at radius 1 is 1.59 bits per heavy atom. The average molecular weight is 255 g/mol. The van der Waals surface area contributed by atoms with Crippen LogP contribution in [0.15, 0.2) is 18.6 Å². The molecule has 0 unspecified atom stereocenters. The van der Waals surface area contributed by atoms with Crippen LogP contribution in [0.2, 0.25) is 5.02 Å². The van der Waals surface area contributed by atoms with Gasteiger partial charge in [0, 0.05) is 26.2 Å². The van der Waals surface area contributed by atoms with Gasteiger partial charge < -0.3 is 14.2 Å². The largest absolute Gasteiger partial charge is 0.477 e. The van der Waals surface area contributed by atoms with Gasteiger partial charge in [0.1, 0.15) is 17.8 Å². The number of aromatic nitrogens is 4. The van der Waals surface area contributed by atoms with Crippen LogP contribution in [0.5, 0.6) is 0 Å². The minimum absolute atomic E-state index is 0.178. The van der Waals surface area contributed by atoms with Crippen LogP contribution in [0.3, 0.4) is 0 Å². The second kappa shape index (κ2) is 4.58. The highest BCUT2D eigenvalue weighted by Crippen LogP contribution is 2.14. The molecule has 2 aromatic heterocycles. The van der Waals surface area contributed by atoms with Crippen LogP contribution in [0, 0.1) is 0 Å². The standard InChI is InChI=1S/C10H11ClN4O2/c1-14-6-12-13-9(14)2-3-15-5-7(11)4-8(15)10(16)17/h4-6H,2-3H2,1H3,(H,16,17). The molecule has 6 nitrogen and oxygen atoms in total. The van der Waals surface area contributed by atoms with Gasteiger partial charge in [0.2, 0.25) is 0 Å². The van der Waals surface area contributed by atoms with Gasteiger partial charge >= 0.3 is 5.97 Å². The number of carboxylic acid groups (broad SMARTS) is 1. The fourth-order valence-electron chi connectivity index (χ4n) is 1.59. The first kappa shape index (κ1) is 11.7. The Morgan fingerprint density at radius 2 is 2.35 bits per heavy atom. The van der Waals surface area contributed by atoms with Crippen molar-refractivity contribution in [3.63, 3.8) is 0 Å². The average Bonchev–Trinajstić information content (AvgIpc) is 2.82.